The predicted octanol–water partition coefficient (Wildman–Crippen LogP) is 1.80. The summed E-state index contributed by atoms with van der Waals surface area (Å²) in [6.07, 6.45) is 3.32. The van der Waals surface area contributed by atoms with Gasteiger partial charge in [-0.05, 0) is 47.9 Å². The van der Waals surface area contributed by atoms with Crippen LogP contribution in [0.2, 0.25) is 0 Å². The van der Waals surface area contributed by atoms with Crippen molar-refractivity contribution >= 4 is 6.03 Å². The van der Waals surface area contributed by atoms with Crippen LogP contribution in [0.1, 0.15) is 32.6 Å². The van der Waals surface area contributed by atoms with Crippen molar-refractivity contribution in [3.05, 3.63) is 40.6 Å². The van der Waals surface area contributed by atoms with Gasteiger partial charge in [0.2, 0.25) is 0 Å². The third-order valence-corrected chi connectivity index (χ3v) is 3.96. The lowest BCUT2D eigenvalue weighted by Gasteiger charge is -2.18. The summed E-state index contributed by atoms with van der Waals surface area (Å²) in [6, 6.07) is 4.61. The highest BCUT2D eigenvalue weighted by molar-refractivity contribution is 5.76. The molecule has 0 aliphatic carbocycles. The van der Waals surface area contributed by atoms with Crippen molar-refractivity contribution in [3.8, 4) is 17.5 Å². The number of carbonyl (C=O) groups is 1. The lowest BCUT2D eigenvalue weighted by Crippen LogP contribution is -2.43. The molecule has 1 aliphatic heterocycles. The summed E-state index contributed by atoms with van der Waals surface area (Å²) in [5.74, 6) is 5.63. The minimum Gasteiger partial charge on any atom is -0.309 e. The first-order chi connectivity index (χ1) is 12.1. The Bertz CT molecular complexity index is 892. The number of benzene rings is 1. The predicted molar refractivity (Wildman–Crippen MR) is 88.8 cm³/mol. The van der Waals surface area contributed by atoms with Crippen LogP contribution in [0, 0.1) is 17.7 Å². The van der Waals surface area contributed by atoms with Crippen molar-refractivity contribution in [2.24, 2.45) is 0 Å². The van der Waals surface area contributed by atoms with Gasteiger partial charge in [-0.2, -0.15) is 4.68 Å². The Labute approximate surface area is 144 Å². The Kier molecular flexibility index (Phi) is 4.93. The molecule has 1 aromatic carbocycles. The van der Waals surface area contributed by atoms with E-state index in [9.17, 15) is 14.0 Å². The summed E-state index contributed by atoms with van der Waals surface area (Å²) >= 11 is 0. The molecule has 0 saturated carbocycles. The van der Waals surface area contributed by atoms with Gasteiger partial charge < -0.3 is 4.90 Å². The summed E-state index contributed by atoms with van der Waals surface area (Å²) in [5, 5.41) is 7.34. The molecule has 130 valence electrons. The zero-order chi connectivity index (χ0) is 17.8. The first-order valence-corrected chi connectivity index (χ1v) is 8.22. The van der Waals surface area contributed by atoms with Crippen LogP contribution >= 0.6 is 0 Å². The maximum absolute atomic E-state index is 13.3. The molecule has 7 nitrogen and oxygen atoms in total. The molecule has 1 unspecified atom stereocenters. The smallest absolute Gasteiger partial charge is 0.309 e. The molecule has 2 aromatic rings. The third kappa shape index (κ3) is 3.45. The lowest BCUT2D eigenvalue weighted by atomic mass is 10.2. The van der Waals surface area contributed by atoms with Crippen molar-refractivity contribution < 1.29 is 9.18 Å². The molecular formula is C17H18FN5O2. The molecule has 0 spiro atoms. The van der Waals surface area contributed by atoms with E-state index in [0.717, 1.165) is 36.4 Å². The highest BCUT2D eigenvalue weighted by Gasteiger charge is 2.30. The number of tetrazole rings is 1. The molecule has 1 amide bonds. The number of rotatable bonds is 2. The van der Waals surface area contributed by atoms with E-state index in [0.29, 0.717) is 11.2 Å². The second kappa shape index (κ2) is 7.30. The normalized spacial score (nSPS) is 16.6. The molecule has 2 heterocycles. The highest BCUT2D eigenvalue weighted by Crippen LogP contribution is 2.17. The Hall–Kier alpha value is -2.95. The Morgan fingerprint density at radius 2 is 2.24 bits per heavy atom. The minimum absolute atomic E-state index is 0.213. The molecule has 1 fully saturated rings. The summed E-state index contributed by atoms with van der Waals surface area (Å²) in [5.41, 5.74) is -0.521. The molecule has 1 saturated heterocycles. The van der Waals surface area contributed by atoms with Crippen molar-refractivity contribution in [1.82, 2.24) is 24.7 Å². The number of likely N-dealkylation sites (tertiary alicyclic amines) is 1. The van der Waals surface area contributed by atoms with Crippen LogP contribution in [0.5, 0.6) is 0 Å². The maximum atomic E-state index is 13.3. The van der Waals surface area contributed by atoms with Crippen LogP contribution in [0.15, 0.2) is 29.1 Å². The van der Waals surface area contributed by atoms with Gasteiger partial charge in [0.05, 0.1) is 11.7 Å². The minimum atomic E-state index is -0.734. The number of hydrogen-bond donors (Lipinski definition) is 0. The number of carbonyl (C=O) groups excluding carboxylic acids is 1. The molecule has 3 rings (SSSR count). The topological polar surface area (TPSA) is 73.0 Å². The number of unbranched alkanes of at least 4 members (excludes halogenated alkanes) is 1. The van der Waals surface area contributed by atoms with E-state index in [2.05, 4.69) is 22.3 Å². The zero-order valence-corrected chi connectivity index (χ0v) is 13.9. The Morgan fingerprint density at radius 1 is 1.40 bits per heavy atom. The number of nitrogens with zero attached hydrogens (tertiary/aromatic N) is 5. The van der Waals surface area contributed by atoms with Gasteiger partial charge >= 0.3 is 11.7 Å². The fourth-order valence-electron chi connectivity index (χ4n) is 2.72. The second-order valence-corrected chi connectivity index (χ2v) is 5.77. The number of aromatic nitrogens is 4. The van der Waals surface area contributed by atoms with Gasteiger partial charge in [-0.1, -0.05) is 18.9 Å². The van der Waals surface area contributed by atoms with E-state index in [1.165, 1.54) is 23.1 Å². The number of hydrogen-bond acceptors (Lipinski definition) is 4. The summed E-state index contributed by atoms with van der Waals surface area (Å²) in [4.78, 5) is 26.6. The summed E-state index contributed by atoms with van der Waals surface area (Å²) < 4.78 is 14.9. The zero-order valence-electron chi connectivity index (χ0n) is 13.9. The molecule has 25 heavy (non-hydrogen) atoms. The first kappa shape index (κ1) is 16.9. The van der Waals surface area contributed by atoms with Gasteiger partial charge in [0.25, 0.3) is 0 Å². The molecule has 1 aromatic heterocycles. The van der Waals surface area contributed by atoms with E-state index in [1.54, 1.807) is 0 Å². The fourth-order valence-corrected chi connectivity index (χ4v) is 2.72. The van der Waals surface area contributed by atoms with Gasteiger partial charge in [-0.3, -0.25) is 0 Å². The van der Waals surface area contributed by atoms with Crippen molar-refractivity contribution in [2.45, 2.75) is 38.6 Å². The van der Waals surface area contributed by atoms with Gasteiger partial charge in [-0.25, -0.2) is 14.0 Å². The molecule has 1 aliphatic rings. The van der Waals surface area contributed by atoms with Crippen LogP contribution in [-0.4, -0.2) is 43.3 Å². The largest absolute Gasteiger partial charge is 0.377 e. The standard InChI is InChI=1S/C17H18FN5O2/c1-2-3-4-8-14-10-6-11-21(14)16(24)23-17(25)22(19-20-23)15-9-5-7-13(18)12-15/h5,7,9,12,14H,2-3,6,10-11H2,1H3. The Balaban J connectivity index is 1.86. The van der Waals surface area contributed by atoms with Gasteiger partial charge in [0, 0.05) is 13.0 Å². The number of halogens is 1. The monoisotopic (exact) mass is 343 g/mol. The van der Waals surface area contributed by atoms with E-state index in [4.69, 9.17) is 0 Å². The first-order valence-electron chi connectivity index (χ1n) is 8.22. The fraction of sp³-hybridized carbons (Fsp3) is 0.412. The summed E-state index contributed by atoms with van der Waals surface area (Å²) in [6.45, 7) is 2.56. The SMILES string of the molecule is CCCC#CC1CCCN1C(=O)n1nnn(-c2cccc(F)c2)c1=O. The van der Waals surface area contributed by atoms with E-state index in [1.807, 2.05) is 6.92 Å². The van der Waals surface area contributed by atoms with Crippen LogP contribution in [0.3, 0.4) is 0 Å². The van der Waals surface area contributed by atoms with Crippen LogP contribution in [-0.2, 0) is 0 Å². The van der Waals surface area contributed by atoms with Crippen molar-refractivity contribution in [1.29, 1.82) is 0 Å². The lowest BCUT2D eigenvalue weighted by molar-refractivity contribution is 0.198. The summed E-state index contributed by atoms with van der Waals surface area (Å²) in [7, 11) is 0. The quantitative estimate of drug-likeness (QED) is 0.616. The number of amides is 1. The van der Waals surface area contributed by atoms with E-state index < -0.39 is 17.5 Å². The van der Waals surface area contributed by atoms with E-state index in [-0.39, 0.29) is 11.7 Å². The van der Waals surface area contributed by atoms with Gasteiger partial charge in [0.1, 0.15) is 5.82 Å². The molecular weight excluding hydrogens is 325 g/mol. The third-order valence-electron chi connectivity index (χ3n) is 3.96. The Morgan fingerprint density at radius 3 is 3.00 bits per heavy atom. The highest BCUT2D eigenvalue weighted by atomic mass is 19.1. The van der Waals surface area contributed by atoms with Crippen molar-refractivity contribution in [3.63, 3.8) is 0 Å². The molecule has 0 N–H and O–H groups in total. The average molecular weight is 343 g/mol. The second-order valence-electron chi connectivity index (χ2n) is 5.77. The van der Waals surface area contributed by atoms with Crippen molar-refractivity contribution in [2.75, 3.05) is 6.54 Å². The molecule has 0 bridgehead atoms. The molecule has 8 heteroatoms. The molecule has 0 radical (unpaired) electrons. The maximum Gasteiger partial charge on any atom is 0.377 e. The van der Waals surface area contributed by atoms with Gasteiger partial charge in [-0.15, -0.1) is 10.6 Å². The molecule has 1 atom stereocenters. The van der Waals surface area contributed by atoms with Crippen LogP contribution in [0.4, 0.5) is 9.18 Å². The van der Waals surface area contributed by atoms with Crippen LogP contribution < -0.4 is 5.69 Å². The average Bonchev–Trinajstić information content (AvgIpc) is 3.21. The van der Waals surface area contributed by atoms with Gasteiger partial charge in [0.15, 0.2) is 0 Å². The van der Waals surface area contributed by atoms with Crippen LogP contribution in [0.25, 0.3) is 5.69 Å². The van der Waals surface area contributed by atoms with E-state index >= 15 is 0 Å².